The molecular formula is C12H28N4O5. The zero-order valence-electron chi connectivity index (χ0n) is 13.1. The zero-order valence-corrected chi connectivity index (χ0v) is 13.1. The molecule has 0 amide bonds. The van der Waals surface area contributed by atoms with Crippen molar-refractivity contribution < 1.29 is 24.0 Å². The van der Waals surface area contributed by atoms with Crippen LogP contribution in [0.15, 0.2) is 0 Å². The van der Waals surface area contributed by atoms with Crippen molar-refractivity contribution in [1.82, 2.24) is 21.3 Å². The van der Waals surface area contributed by atoms with Crippen LogP contribution >= 0.6 is 0 Å². The molecule has 0 aromatic rings. The Labute approximate surface area is 126 Å². The van der Waals surface area contributed by atoms with E-state index in [9.17, 15) is 4.79 Å². The van der Waals surface area contributed by atoms with E-state index in [0.717, 1.165) is 0 Å². The molecule has 0 spiro atoms. The van der Waals surface area contributed by atoms with Crippen LogP contribution in [-0.2, 0) is 24.0 Å². The fourth-order valence-electron chi connectivity index (χ4n) is 1.51. The van der Waals surface area contributed by atoms with E-state index in [0.29, 0.717) is 45.9 Å². The monoisotopic (exact) mass is 308 g/mol. The lowest BCUT2D eigenvalue weighted by Gasteiger charge is -2.21. The van der Waals surface area contributed by atoms with Gasteiger partial charge in [0.15, 0.2) is 0 Å². The van der Waals surface area contributed by atoms with Crippen molar-refractivity contribution in [2.75, 3.05) is 67.2 Å². The van der Waals surface area contributed by atoms with Gasteiger partial charge in [-0.2, -0.15) is 0 Å². The van der Waals surface area contributed by atoms with Crippen LogP contribution in [0.25, 0.3) is 0 Å². The molecule has 0 saturated heterocycles. The second kappa shape index (κ2) is 15.6. The minimum absolute atomic E-state index is 0.241. The topological polar surface area (TPSA) is 93.3 Å². The van der Waals surface area contributed by atoms with E-state index in [1.165, 1.54) is 0 Å². The lowest BCUT2D eigenvalue weighted by Crippen LogP contribution is -2.35. The molecule has 9 heteroatoms. The zero-order chi connectivity index (χ0) is 15.8. The number of esters is 1. The van der Waals surface area contributed by atoms with Crippen LogP contribution in [-0.4, -0.2) is 78.1 Å². The summed E-state index contributed by atoms with van der Waals surface area (Å²) in [7, 11) is 5.07. The van der Waals surface area contributed by atoms with Gasteiger partial charge in [-0.25, -0.2) is 16.4 Å². The Hall–Kier alpha value is -0.810. The molecule has 0 saturated carbocycles. The van der Waals surface area contributed by atoms with Gasteiger partial charge in [-0.15, -0.1) is 0 Å². The van der Waals surface area contributed by atoms with Gasteiger partial charge < -0.3 is 14.4 Å². The number of ether oxygens (including phenoxy) is 1. The normalized spacial score (nSPS) is 11.0. The van der Waals surface area contributed by atoms with Gasteiger partial charge in [0.1, 0.15) is 13.2 Å². The van der Waals surface area contributed by atoms with E-state index in [1.54, 1.807) is 21.1 Å². The van der Waals surface area contributed by atoms with E-state index in [1.807, 2.05) is 0 Å². The molecule has 0 aromatic carbocycles. The summed E-state index contributed by atoms with van der Waals surface area (Å²) in [6.07, 6.45) is 0.318. The Bertz CT molecular complexity index is 236. The van der Waals surface area contributed by atoms with Crippen LogP contribution in [0.5, 0.6) is 0 Å². The van der Waals surface area contributed by atoms with E-state index in [-0.39, 0.29) is 12.6 Å². The largest absolute Gasteiger partial charge is 0.463 e. The van der Waals surface area contributed by atoms with E-state index in [2.05, 4.69) is 21.3 Å². The quantitative estimate of drug-likeness (QED) is 0.193. The minimum Gasteiger partial charge on any atom is -0.463 e. The first-order chi connectivity index (χ1) is 10.2. The maximum atomic E-state index is 11.6. The number of nitrogens with one attached hydrogen (secondary N) is 3. The molecule has 0 aliphatic carbocycles. The van der Waals surface area contributed by atoms with Gasteiger partial charge in [0.25, 0.3) is 0 Å². The summed E-state index contributed by atoms with van der Waals surface area (Å²) in [5.41, 5.74) is 7.74. The number of hydrogen-bond acceptors (Lipinski definition) is 9. The van der Waals surface area contributed by atoms with Crippen LogP contribution in [0.3, 0.4) is 0 Å². The van der Waals surface area contributed by atoms with Crippen molar-refractivity contribution in [3.8, 4) is 0 Å². The molecule has 0 rings (SSSR count). The first-order valence-corrected chi connectivity index (χ1v) is 6.98. The van der Waals surface area contributed by atoms with Crippen molar-refractivity contribution in [3.63, 3.8) is 0 Å². The second-order valence-electron chi connectivity index (χ2n) is 3.97. The first kappa shape index (κ1) is 20.2. The molecule has 9 nitrogen and oxygen atoms in total. The lowest BCUT2D eigenvalue weighted by molar-refractivity contribution is -0.146. The van der Waals surface area contributed by atoms with Crippen LogP contribution in [0.1, 0.15) is 6.42 Å². The minimum atomic E-state index is -0.247. The van der Waals surface area contributed by atoms with Crippen molar-refractivity contribution in [2.24, 2.45) is 0 Å². The Morgan fingerprint density at radius 1 is 0.810 bits per heavy atom. The molecule has 126 valence electrons. The van der Waals surface area contributed by atoms with Crippen LogP contribution in [0.2, 0.25) is 0 Å². The maximum Gasteiger partial charge on any atom is 0.307 e. The number of hydrogen-bond donors (Lipinski definition) is 3. The highest BCUT2D eigenvalue weighted by atomic mass is 16.7. The molecule has 0 atom stereocenters. The average molecular weight is 308 g/mol. The van der Waals surface area contributed by atoms with Crippen LogP contribution in [0.4, 0.5) is 0 Å². The summed E-state index contributed by atoms with van der Waals surface area (Å²) in [4.78, 5) is 28.6. The predicted octanol–water partition coefficient (Wildman–Crippen LogP) is -1.33. The summed E-state index contributed by atoms with van der Waals surface area (Å²) >= 11 is 0. The summed E-state index contributed by atoms with van der Waals surface area (Å²) in [5, 5.41) is 0. The van der Waals surface area contributed by atoms with E-state index >= 15 is 0 Å². The molecule has 0 heterocycles. The summed E-state index contributed by atoms with van der Waals surface area (Å²) in [6, 6.07) is 0. The molecule has 0 radical (unpaired) electrons. The van der Waals surface area contributed by atoms with Crippen molar-refractivity contribution in [1.29, 1.82) is 0 Å². The van der Waals surface area contributed by atoms with Gasteiger partial charge in [0.05, 0.1) is 19.6 Å². The Morgan fingerprint density at radius 2 is 1.33 bits per heavy atom. The van der Waals surface area contributed by atoms with Crippen molar-refractivity contribution in [3.05, 3.63) is 0 Å². The third-order valence-corrected chi connectivity index (χ3v) is 2.53. The molecule has 0 aliphatic rings. The molecule has 0 aliphatic heterocycles. The highest BCUT2D eigenvalue weighted by Crippen LogP contribution is 1.95. The predicted molar refractivity (Wildman–Crippen MR) is 77.1 cm³/mol. The summed E-state index contributed by atoms with van der Waals surface area (Å²) in [5.74, 6) is -0.247. The van der Waals surface area contributed by atoms with Crippen LogP contribution in [0, 0.1) is 0 Å². The molecule has 0 fully saturated rings. The summed E-state index contributed by atoms with van der Waals surface area (Å²) < 4.78 is 5.03. The third kappa shape index (κ3) is 13.9. The molecule has 0 aromatic heterocycles. The SMILES string of the molecule is CNOCCOC(=O)CCN(CCONC)CCONC. The smallest absolute Gasteiger partial charge is 0.307 e. The second-order valence-corrected chi connectivity index (χ2v) is 3.97. The van der Waals surface area contributed by atoms with Gasteiger partial charge in [-0.05, 0) is 0 Å². The van der Waals surface area contributed by atoms with Gasteiger partial charge >= 0.3 is 5.97 Å². The Kier molecular flexibility index (Phi) is 15.0. The lowest BCUT2D eigenvalue weighted by atomic mass is 10.3. The Balaban J connectivity index is 3.82. The van der Waals surface area contributed by atoms with Gasteiger partial charge in [-0.1, -0.05) is 0 Å². The van der Waals surface area contributed by atoms with Crippen molar-refractivity contribution >= 4 is 5.97 Å². The van der Waals surface area contributed by atoms with Gasteiger partial charge in [-0.3, -0.25) is 14.5 Å². The number of hydroxylamine groups is 3. The van der Waals surface area contributed by atoms with Gasteiger partial charge in [0, 0.05) is 40.8 Å². The standard InChI is InChI=1S/C12H28N4O5/c1-13-19-8-6-16(7-9-20-14-2)5-4-12(17)18-10-11-21-15-3/h13-15H,4-11H2,1-3H3. The highest BCUT2D eigenvalue weighted by molar-refractivity contribution is 5.69. The molecular weight excluding hydrogens is 280 g/mol. The molecule has 3 N–H and O–H groups in total. The van der Waals surface area contributed by atoms with Gasteiger partial charge in [0.2, 0.25) is 0 Å². The fourth-order valence-corrected chi connectivity index (χ4v) is 1.51. The fraction of sp³-hybridized carbons (Fsp3) is 0.917. The molecule has 21 heavy (non-hydrogen) atoms. The van der Waals surface area contributed by atoms with E-state index in [4.69, 9.17) is 19.2 Å². The first-order valence-electron chi connectivity index (χ1n) is 6.98. The average Bonchev–Trinajstić information content (AvgIpc) is 2.49. The van der Waals surface area contributed by atoms with Crippen LogP contribution < -0.4 is 16.4 Å². The number of rotatable bonds is 15. The number of carbonyl (C=O) groups is 1. The third-order valence-electron chi connectivity index (χ3n) is 2.53. The number of nitrogens with zero attached hydrogens (tertiary/aromatic N) is 1. The number of carbonyl (C=O) groups excluding carboxylic acids is 1. The maximum absolute atomic E-state index is 11.6. The summed E-state index contributed by atoms with van der Waals surface area (Å²) in [6.45, 7) is 3.62. The Morgan fingerprint density at radius 3 is 1.86 bits per heavy atom. The van der Waals surface area contributed by atoms with E-state index < -0.39 is 0 Å². The molecule has 0 unspecified atom stereocenters. The molecule has 0 bridgehead atoms. The highest BCUT2D eigenvalue weighted by Gasteiger charge is 2.09. The van der Waals surface area contributed by atoms with Crippen molar-refractivity contribution in [2.45, 2.75) is 6.42 Å².